The highest BCUT2D eigenvalue weighted by molar-refractivity contribution is 5.09. The van der Waals surface area contributed by atoms with Gasteiger partial charge in [0.15, 0.2) is 0 Å². The summed E-state index contributed by atoms with van der Waals surface area (Å²) in [7, 11) is 0. The molecule has 1 unspecified atom stereocenters. The minimum absolute atomic E-state index is 0.0405. The van der Waals surface area contributed by atoms with Crippen molar-refractivity contribution in [2.45, 2.75) is 44.6 Å². The van der Waals surface area contributed by atoms with E-state index in [-0.39, 0.29) is 11.9 Å². The van der Waals surface area contributed by atoms with Gasteiger partial charge in [-0.2, -0.15) is 0 Å². The molecule has 3 N–H and O–H groups in total. The third kappa shape index (κ3) is 3.48. The second-order valence-electron chi connectivity index (χ2n) is 4.86. The Labute approximate surface area is 102 Å². The molecular formula is C13H20FN3. The summed E-state index contributed by atoms with van der Waals surface area (Å²) in [5.41, 5.74) is 3.63. The van der Waals surface area contributed by atoms with Gasteiger partial charge in [0.25, 0.3) is 0 Å². The lowest BCUT2D eigenvalue weighted by Gasteiger charge is -2.25. The number of hydrazine groups is 1. The molecule has 4 heteroatoms. The lowest BCUT2D eigenvalue weighted by molar-refractivity contribution is 0.298. The quantitative estimate of drug-likeness (QED) is 0.625. The summed E-state index contributed by atoms with van der Waals surface area (Å²) in [5, 5.41) is 0. The third-order valence-electron chi connectivity index (χ3n) is 3.60. The van der Waals surface area contributed by atoms with Gasteiger partial charge in [0.1, 0.15) is 5.82 Å². The first-order valence-electron chi connectivity index (χ1n) is 6.37. The Hall–Kier alpha value is -1.00. The molecule has 0 amide bonds. The highest BCUT2D eigenvalue weighted by atomic mass is 19.1. The average molecular weight is 237 g/mol. The summed E-state index contributed by atoms with van der Waals surface area (Å²) >= 11 is 0. The lowest BCUT2D eigenvalue weighted by atomic mass is 9.84. The van der Waals surface area contributed by atoms with E-state index in [1.807, 2.05) is 0 Å². The number of halogens is 1. The maximum Gasteiger partial charge on any atom is 0.141 e. The molecule has 1 aromatic rings. The Bertz CT molecular complexity index is 333. The summed E-state index contributed by atoms with van der Waals surface area (Å²) in [4.78, 5) is 4.10. The number of nitrogens with zero attached hydrogens (tertiary/aromatic N) is 1. The molecule has 2 rings (SSSR count). The Balaban J connectivity index is 1.97. The van der Waals surface area contributed by atoms with Crippen LogP contribution in [-0.4, -0.2) is 4.98 Å². The summed E-state index contributed by atoms with van der Waals surface area (Å²) in [6, 6.07) is 3.19. The fourth-order valence-electron chi connectivity index (χ4n) is 2.62. The maximum absolute atomic E-state index is 12.8. The van der Waals surface area contributed by atoms with Gasteiger partial charge in [0, 0.05) is 0 Å². The Morgan fingerprint density at radius 1 is 1.35 bits per heavy atom. The van der Waals surface area contributed by atoms with Crippen LogP contribution in [0.15, 0.2) is 18.3 Å². The van der Waals surface area contributed by atoms with E-state index in [9.17, 15) is 4.39 Å². The molecule has 1 saturated carbocycles. The van der Waals surface area contributed by atoms with Crippen LogP contribution in [0.2, 0.25) is 0 Å². The van der Waals surface area contributed by atoms with E-state index in [0.29, 0.717) is 0 Å². The van der Waals surface area contributed by atoms with E-state index in [4.69, 9.17) is 5.84 Å². The van der Waals surface area contributed by atoms with Crippen molar-refractivity contribution in [1.82, 2.24) is 10.4 Å². The monoisotopic (exact) mass is 237 g/mol. The largest absolute Gasteiger partial charge is 0.271 e. The molecule has 0 aliphatic heterocycles. The zero-order valence-corrected chi connectivity index (χ0v) is 10.0. The normalized spacial score (nSPS) is 19.2. The number of hydrogen-bond acceptors (Lipinski definition) is 3. The topological polar surface area (TPSA) is 50.9 Å². The molecule has 94 valence electrons. The number of aromatic nitrogens is 1. The second kappa shape index (κ2) is 6.07. The van der Waals surface area contributed by atoms with E-state index in [1.54, 1.807) is 6.07 Å². The van der Waals surface area contributed by atoms with Gasteiger partial charge in [0.05, 0.1) is 17.9 Å². The van der Waals surface area contributed by atoms with Gasteiger partial charge in [-0.15, -0.1) is 0 Å². The standard InChI is InChI=1S/C13H20FN3/c14-11-6-7-12(16-9-11)13(17-15)8-10-4-2-1-3-5-10/h6-7,9-10,13,17H,1-5,8,15H2. The van der Waals surface area contributed by atoms with Crippen LogP contribution in [0.1, 0.15) is 50.3 Å². The lowest BCUT2D eigenvalue weighted by Crippen LogP contribution is -2.30. The summed E-state index contributed by atoms with van der Waals surface area (Å²) < 4.78 is 12.8. The Morgan fingerprint density at radius 3 is 2.71 bits per heavy atom. The van der Waals surface area contributed by atoms with Crippen LogP contribution >= 0.6 is 0 Å². The SMILES string of the molecule is NNC(CC1CCCCC1)c1ccc(F)cn1. The highest BCUT2D eigenvalue weighted by Crippen LogP contribution is 2.30. The maximum atomic E-state index is 12.8. The van der Waals surface area contributed by atoms with E-state index in [1.165, 1.54) is 44.4 Å². The molecule has 3 nitrogen and oxygen atoms in total. The van der Waals surface area contributed by atoms with Gasteiger partial charge in [0.2, 0.25) is 0 Å². The van der Waals surface area contributed by atoms with E-state index in [0.717, 1.165) is 18.0 Å². The van der Waals surface area contributed by atoms with Crippen LogP contribution < -0.4 is 11.3 Å². The first-order valence-corrected chi connectivity index (χ1v) is 6.37. The highest BCUT2D eigenvalue weighted by Gasteiger charge is 2.20. The van der Waals surface area contributed by atoms with Crippen molar-refractivity contribution >= 4 is 0 Å². The molecule has 0 radical (unpaired) electrons. The van der Waals surface area contributed by atoms with Crippen LogP contribution in [0.4, 0.5) is 4.39 Å². The van der Waals surface area contributed by atoms with Crippen LogP contribution in [0, 0.1) is 11.7 Å². The Morgan fingerprint density at radius 2 is 2.12 bits per heavy atom. The number of hydrogen-bond donors (Lipinski definition) is 2. The third-order valence-corrected chi connectivity index (χ3v) is 3.60. The summed E-state index contributed by atoms with van der Waals surface area (Å²) in [5.74, 6) is 5.99. The molecule has 0 spiro atoms. The zero-order valence-electron chi connectivity index (χ0n) is 10.0. The van der Waals surface area contributed by atoms with Gasteiger partial charge in [-0.1, -0.05) is 32.1 Å². The smallest absolute Gasteiger partial charge is 0.141 e. The number of nitrogens with two attached hydrogens (primary N) is 1. The van der Waals surface area contributed by atoms with Gasteiger partial charge in [-0.25, -0.2) is 4.39 Å². The summed E-state index contributed by atoms with van der Waals surface area (Å²) in [6.45, 7) is 0. The molecule has 1 aliphatic carbocycles. The second-order valence-corrected chi connectivity index (χ2v) is 4.86. The molecule has 1 fully saturated rings. The van der Waals surface area contributed by atoms with Crippen molar-refractivity contribution in [3.8, 4) is 0 Å². The van der Waals surface area contributed by atoms with Gasteiger partial charge < -0.3 is 0 Å². The molecule has 0 saturated heterocycles. The Kier molecular flexibility index (Phi) is 4.45. The van der Waals surface area contributed by atoms with Crippen molar-refractivity contribution < 1.29 is 4.39 Å². The van der Waals surface area contributed by atoms with Crippen molar-refractivity contribution in [1.29, 1.82) is 0 Å². The number of pyridine rings is 1. The van der Waals surface area contributed by atoms with E-state index >= 15 is 0 Å². The van der Waals surface area contributed by atoms with Crippen molar-refractivity contribution in [3.05, 3.63) is 29.8 Å². The van der Waals surface area contributed by atoms with Crippen molar-refractivity contribution in [2.75, 3.05) is 0 Å². The van der Waals surface area contributed by atoms with Crippen LogP contribution in [0.5, 0.6) is 0 Å². The minimum Gasteiger partial charge on any atom is -0.271 e. The minimum atomic E-state index is -0.304. The van der Waals surface area contributed by atoms with Gasteiger partial charge in [-0.3, -0.25) is 16.3 Å². The van der Waals surface area contributed by atoms with E-state index in [2.05, 4.69) is 10.4 Å². The van der Waals surface area contributed by atoms with Crippen LogP contribution in [0.3, 0.4) is 0 Å². The molecule has 1 atom stereocenters. The molecule has 1 heterocycles. The average Bonchev–Trinajstić information content (AvgIpc) is 2.38. The van der Waals surface area contributed by atoms with Crippen LogP contribution in [0.25, 0.3) is 0 Å². The van der Waals surface area contributed by atoms with Crippen LogP contribution in [-0.2, 0) is 0 Å². The first kappa shape index (κ1) is 12.5. The fourth-order valence-corrected chi connectivity index (χ4v) is 2.62. The molecule has 1 aliphatic rings. The summed E-state index contributed by atoms with van der Waals surface area (Å²) in [6.07, 6.45) is 8.79. The van der Waals surface area contributed by atoms with E-state index < -0.39 is 0 Å². The van der Waals surface area contributed by atoms with Gasteiger partial charge >= 0.3 is 0 Å². The molecule has 0 aromatic carbocycles. The van der Waals surface area contributed by atoms with Crippen molar-refractivity contribution in [2.24, 2.45) is 11.8 Å². The predicted molar refractivity (Wildman–Crippen MR) is 65.5 cm³/mol. The van der Waals surface area contributed by atoms with Crippen molar-refractivity contribution in [3.63, 3.8) is 0 Å². The number of nitrogens with one attached hydrogen (secondary N) is 1. The number of rotatable bonds is 4. The fraction of sp³-hybridized carbons (Fsp3) is 0.615. The predicted octanol–water partition coefficient (Wildman–Crippen LogP) is 2.70. The first-order chi connectivity index (χ1) is 8.29. The molecule has 17 heavy (non-hydrogen) atoms. The molecule has 1 aromatic heterocycles. The zero-order chi connectivity index (χ0) is 12.1. The molecular weight excluding hydrogens is 217 g/mol. The van der Waals surface area contributed by atoms with Gasteiger partial charge in [-0.05, 0) is 24.5 Å². The molecule has 0 bridgehead atoms.